The number of nitrogens with one attached hydrogen (secondary N) is 3. The van der Waals surface area contributed by atoms with E-state index in [2.05, 4.69) is 52.3 Å². The molecular weight excluding hydrogens is 366 g/mol. The zero-order valence-electron chi connectivity index (χ0n) is 17.7. The lowest BCUT2D eigenvalue weighted by molar-refractivity contribution is 0.0915. The number of pyridine rings is 1. The number of aromatic amines is 1. The number of Topliss-reactive ketones (excluding diaryl/α,β-unsaturated/α-hetero) is 2. The number of anilines is 2. The molecule has 1 saturated heterocycles. The summed E-state index contributed by atoms with van der Waals surface area (Å²) < 4.78 is 0. The predicted molar refractivity (Wildman–Crippen MR) is 116 cm³/mol. The number of nitrogens with zero attached hydrogens (tertiary/aromatic N) is 2. The average Bonchev–Trinajstić information content (AvgIpc) is 3.20. The van der Waals surface area contributed by atoms with E-state index in [9.17, 15) is 9.59 Å². The summed E-state index contributed by atoms with van der Waals surface area (Å²) in [5.41, 5.74) is 2.03. The number of hydrogen-bond acceptors (Lipinski definition) is 6. The molecule has 1 aliphatic rings. The minimum atomic E-state index is -0.286. The zero-order valence-corrected chi connectivity index (χ0v) is 17.7. The van der Waals surface area contributed by atoms with Crippen molar-refractivity contribution in [2.24, 2.45) is 0 Å². The smallest absolute Gasteiger partial charge is 0.195 e. The number of aromatic nitrogens is 2. The van der Waals surface area contributed by atoms with Crippen LogP contribution in [0.5, 0.6) is 0 Å². The van der Waals surface area contributed by atoms with E-state index in [1.807, 2.05) is 12.3 Å². The molecule has 0 amide bonds. The molecule has 0 aromatic carbocycles. The average molecular weight is 398 g/mol. The first kappa shape index (κ1) is 21.0. The molecule has 1 fully saturated rings. The highest BCUT2D eigenvalue weighted by Crippen LogP contribution is 2.29. The first-order valence-electron chi connectivity index (χ1n) is 10.4. The molecule has 0 radical (unpaired) electrons. The van der Waals surface area contributed by atoms with Crippen molar-refractivity contribution in [2.75, 3.05) is 23.3 Å². The molecule has 2 unspecified atom stereocenters. The summed E-state index contributed by atoms with van der Waals surface area (Å²) in [6, 6.07) is 5.87. The molecule has 3 N–H and O–H groups in total. The van der Waals surface area contributed by atoms with Gasteiger partial charge in [0.15, 0.2) is 17.4 Å². The van der Waals surface area contributed by atoms with Gasteiger partial charge in [-0.15, -0.1) is 0 Å². The molecule has 2 aromatic heterocycles. The quantitative estimate of drug-likeness (QED) is 0.593. The van der Waals surface area contributed by atoms with Gasteiger partial charge in [-0.05, 0) is 65.3 Å². The molecule has 0 aliphatic carbocycles. The van der Waals surface area contributed by atoms with Gasteiger partial charge in [0.05, 0.1) is 17.4 Å². The standard InChI is InChI=1S/C22H31N5O2/c1-5-27(22-18(26-14(2)3)7-6-9-24-22)17-8-10-23-20(12-17)21(29)19-11-16(13-25-19)15(4)28/h6-7,9,11,13-14,17,20,23,25-26H,5,8,10,12H2,1-4H3. The Balaban J connectivity index is 1.78. The molecule has 29 heavy (non-hydrogen) atoms. The highest BCUT2D eigenvalue weighted by molar-refractivity contribution is 6.02. The van der Waals surface area contributed by atoms with E-state index < -0.39 is 0 Å². The fourth-order valence-electron chi connectivity index (χ4n) is 3.94. The molecule has 3 heterocycles. The Labute approximate surface area is 172 Å². The van der Waals surface area contributed by atoms with Gasteiger partial charge in [-0.1, -0.05) is 0 Å². The summed E-state index contributed by atoms with van der Waals surface area (Å²) in [7, 11) is 0. The van der Waals surface area contributed by atoms with Crippen LogP contribution in [0.4, 0.5) is 11.5 Å². The molecular formula is C22H31N5O2. The summed E-state index contributed by atoms with van der Waals surface area (Å²) in [5, 5.41) is 6.82. The Morgan fingerprint density at radius 3 is 2.83 bits per heavy atom. The largest absolute Gasteiger partial charge is 0.380 e. The number of rotatable bonds is 8. The topological polar surface area (TPSA) is 90.1 Å². The van der Waals surface area contributed by atoms with Gasteiger partial charge in [0.25, 0.3) is 0 Å². The van der Waals surface area contributed by atoms with Crippen LogP contribution in [0.1, 0.15) is 61.4 Å². The van der Waals surface area contributed by atoms with Crippen molar-refractivity contribution in [1.29, 1.82) is 0 Å². The van der Waals surface area contributed by atoms with Gasteiger partial charge in [-0.2, -0.15) is 0 Å². The maximum absolute atomic E-state index is 13.0. The molecule has 2 aromatic rings. The van der Waals surface area contributed by atoms with E-state index in [1.165, 1.54) is 6.92 Å². The van der Waals surface area contributed by atoms with E-state index in [1.54, 1.807) is 12.3 Å². The van der Waals surface area contributed by atoms with Crippen molar-refractivity contribution >= 4 is 23.1 Å². The number of hydrogen-bond donors (Lipinski definition) is 3. The Hall–Kier alpha value is -2.67. The third kappa shape index (κ3) is 4.85. The number of ketones is 2. The molecule has 7 nitrogen and oxygen atoms in total. The van der Waals surface area contributed by atoms with Gasteiger partial charge in [0.1, 0.15) is 0 Å². The van der Waals surface area contributed by atoms with E-state index in [0.29, 0.717) is 23.7 Å². The predicted octanol–water partition coefficient (Wildman–Crippen LogP) is 3.26. The van der Waals surface area contributed by atoms with Gasteiger partial charge in [0, 0.05) is 36.6 Å². The van der Waals surface area contributed by atoms with Crippen LogP contribution in [-0.4, -0.2) is 52.7 Å². The molecule has 0 bridgehead atoms. The molecule has 2 atom stereocenters. The van der Waals surface area contributed by atoms with Crippen LogP contribution < -0.4 is 15.5 Å². The second-order valence-electron chi connectivity index (χ2n) is 7.87. The normalized spacial score (nSPS) is 19.2. The number of carbonyl (C=O) groups is 2. The van der Waals surface area contributed by atoms with Crippen LogP contribution in [0.3, 0.4) is 0 Å². The fraction of sp³-hybridized carbons (Fsp3) is 0.500. The Morgan fingerprint density at radius 2 is 2.17 bits per heavy atom. The van der Waals surface area contributed by atoms with E-state index in [0.717, 1.165) is 31.0 Å². The van der Waals surface area contributed by atoms with Crippen LogP contribution >= 0.6 is 0 Å². The second kappa shape index (κ2) is 9.22. The monoisotopic (exact) mass is 397 g/mol. The van der Waals surface area contributed by atoms with E-state index in [4.69, 9.17) is 0 Å². The van der Waals surface area contributed by atoms with Gasteiger partial charge in [-0.3, -0.25) is 9.59 Å². The molecule has 0 saturated carbocycles. The van der Waals surface area contributed by atoms with Crippen molar-refractivity contribution in [3.63, 3.8) is 0 Å². The van der Waals surface area contributed by atoms with Gasteiger partial charge >= 0.3 is 0 Å². The minimum absolute atomic E-state index is 0.000183. The first-order chi connectivity index (χ1) is 13.9. The molecule has 1 aliphatic heterocycles. The third-order valence-electron chi connectivity index (χ3n) is 5.33. The third-order valence-corrected chi connectivity index (χ3v) is 5.33. The number of piperidine rings is 1. The van der Waals surface area contributed by atoms with Gasteiger partial charge in [-0.25, -0.2) is 4.98 Å². The summed E-state index contributed by atoms with van der Waals surface area (Å²) >= 11 is 0. The van der Waals surface area contributed by atoms with E-state index >= 15 is 0 Å². The van der Waals surface area contributed by atoms with Crippen LogP contribution in [0.25, 0.3) is 0 Å². The lowest BCUT2D eigenvalue weighted by Gasteiger charge is -2.38. The summed E-state index contributed by atoms with van der Waals surface area (Å²) in [4.78, 5) is 34.4. The van der Waals surface area contributed by atoms with Crippen molar-refractivity contribution in [3.05, 3.63) is 41.9 Å². The van der Waals surface area contributed by atoms with Crippen molar-refractivity contribution in [2.45, 2.75) is 58.7 Å². The minimum Gasteiger partial charge on any atom is -0.380 e. The number of H-pyrrole nitrogens is 1. The van der Waals surface area contributed by atoms with Gasteiger partial charge < -0.3 is 20.5 Å². The molecule has 156 valence electrons. The van der Waals surface area contributed by atoms with Crippen molar-refractivity contribution in [1.82, 2.24) is 15.3 Å². The molecule has 3 rings (SSSR count). The lowest BCUT2D eigenvalue weighted by Crippen LogP contribution is -2.51. The summed E-state index contributed by atoms with van der Waals surface area (Å²) in [6.07, 6.45) is 5.05. The SMILES string of the molecule is CCN(c1ncccc1NC(C)C)C1CCNC(C(=O)c2cc(C(C)=O)c[nH]2)C1. The highest BCUT2D eigenvalue weighted by atomic mass is 16.1. The molecule has 7 heteroatoms. The van der Waals surface area contributed by atoms with E-state index in [-0.39, 0.29) is 23.7 Å². The van der Waals surface area contributed by atoms with Gasteiger partial charge in [0.2, 0.25) is 0 Å². The summed E-state index contributed by atoms with van der Waals surface area (Å²) in [6.45, 7) is 9.41. The van der Waals surface area contributed by atoms with Crippen LogP contribution in [0, 0.1) is 0 Å². The zero-order chi connectivity index (χ0) is 21.0. The van der Waals surface area contributed by atoms with Crippen LogP contribution in [0.15, 0.2) is 30.6 Å². The lowest BCUT2D eigenvalue weighted by atomic mass is 9.93. The second-order valence-corrected chi connectivity index (χ2v) is 7.87. The van der Waals surface area contributed by atoms with Crippen LogP contribution in [-0.2, 0) is 0 Å². The Kier molecular flexibility index (Phi) is 6.69. The number of carbonyl (C=O) groups excluding carboxylic acids is 2. The first-order valence-corrected chi connectivity index (χ1v) is 10.4. The van der Waals surface area contributed by atoms with Crippen molar-refractivity contribution < 1.29 is 9.59 Å². The highest BCUT2D eigenvalue weighted by Gasteiger charge is 2.32. The maximum Gasteiger partial charge on any atom is 0.195 e. The Bertz CT molecular complexity index is 860. The van der Waals surface area contributed by atoms with Crippen molar-refractivity contribution in [3.8, 4) is 0 Å². The Morgan fingerprint density at radius 1 is 1.38 bits per heavy atom. The fourth-order valence-corrected chi connectivity index (χ4v) is 3.94. The summed E-state index contributed by atoms with van der Waals surface area (Å²) in [5.74, 6) is 0.882. The maximum atomic E-state index is 13.0. The molecule has 0 spiro atoms. The van der Waals surface area contributed by atoms with Crippen LogP contribution in [0.2, 0.25) is 0 Å².